The molecule has 0 bridgehead atoms. The van der Waals surface area contributed by atoms with Gasteiger partial charge in [-0.1, -0.05) is 23.4 Å². The van der Waals surface area contributed by atoms with Gasteiger partial charge in [0.1, 0.15) is 12.4 Å². The van der Waals surface area contributed by atoms with E-state index in [1.165, 1.54) is 0 Å². The monoisotopic (exact) mass is 254 g/mol. The van der Waals surface area contributed by atoms with Crippen LogP contribution in [-0.2, 0) is 13.0 Å². The Morgan fingerprint density at radius 1 is 1.16 bits per heavy atom. The topological polar surface area (TPSA) is 54.7 Å². The summed E-state index contributed by atoms with van der Waals surface area (Å²) in [6.07, 6.45) is 3.37. The molecule has 0 aliphatic heterocycles. The van der Waals surface area contributed by atoms with Crippen molar-refractivity contribution >= 4 is 5.71 Å². The first-order chi connectivity index (χ1) is 9.38. The molecule has 1 aliphatic rings. The second-order valence-electron chi connectivity index (χ2n) is 4.44. The van der Waals surface area contributed by atoms with Gasteiger partial charge in [0.15, 0.2) is 0 Å². The molecule has 1 aromatic heterocycles. The molecule has 1 aliphatic carbocycles. The molecule has 0 fully saturated rings. The van der Waals surface area contributed by atoms with Crippen molar-refractivity contribution in [2.45, 2.75) is 19.4 Å². The molecule has 1 N–H and O–H groups in total. The summed E-state index contributed by atoms with van der Waals surface area (Å²) >= 11 is 0. The van der Waals surface area contributed by atoms with Crippen molar-refractivity contribution in [2.75, 3.05) is 0 Å². The van der Waals surface area contributed by atoms with Crippen LogP contribution >= 0.6 is 0 Å². The first kappa shape index (κ1) is 11.7. The molecule has 0 unspecified atom stereocenters. The van der Waals surface area contributed by atoms with E-state index in [9.17, 15) is 0 Å². The summed E-state index contributed by atoms with van der Waals surface area (Å²) in [6, 6.07) is 11.6. The second-order valence-corrected chi connectivity index (χ2v) is 4.44. The smallest absolute Gasteiger partial charge is 0.130 e. The van der Waals surface area contributed by atoms with Gasteiger partial charge in [0, 0.05) is 17.3 Å². The van der Waals surface area contributed by atoms with Gasteiger partial charge in [0.05, 0.1) is 11.4 Å². The van der Waals surface area contributed by atoms with E-state index in [0.29, 0.717) is 6.61 Å². The van der Waals surface area contributed by atoms with Crippen LogP contribution in [0.2, 0.25) is 0 Å². The summed E-state index contributed by atoms with van der Waals surface area (Å²) in [6.45, 7) is 0.447. The molecule has 3 rings (SSSR count). The molecule has 0 saturated carbocycles. The van der Waals surface area contributed by atoms with Crippen LogP contribution in [0.1, 0.15) is 23.2 Å². The zero-order valence-corrected chi connectivity index (χ0v) is 10.4. The minimum absolute atomic E-state index is 0.447. The molecule has 0 atom stereocenters. The van der Waals surface area contributed by atoms with Gasteiger partial charge in [-0.3, -0.25) is 4.98 Å². The SMILES string of the molecule is ON=C1CCc2c(OCc3ccccn3)cccc21. The average Bonchev–Trinajstić information content (AvgIpc) is 2.90. The van der Waals surface area contributed by atoms with Crippen molar-refractivity contribution < 1.29 is 9.94 Å². The lowest BCUT2D eigenvalue weighted by atomic mass is 10.1. The number of aromatic nitrogens is 1. The van der Waals surface area contributed by atoms with Crippen LogP contribution in [-0.4, -0.2) is 15.9 Å². The Morgan fingerprint density at radius 2 is 2.11 bits per heavy atom. The summed E-state index contributed by atoms with van der Waals surface area (Å²) < 4.78 is 5.83. The molecular formula is C15H14N2O2. The largest absolute Gasteiger partial charge is 0.487 e. The zero-order chi connectivity index (χ0) is 13.1. The zero-order valence-electron chi connectivity index (χ0n) is 10.4. The molecule has 0 radical (unpaired) electrons. The highest BCUT2D eigenvalue weighted by Gasteiger charge is 2.21. The third-order valence-corrected chi connectivity index (χ3v) is 3.28. The average molecular weight is 254 g/mol. The van der Waals surface area contributed by atoms with Crippen molar-refractivity contribution in [3.05, 3.63) is 59.4 Å². The maximum Gasteiger partial charge on any atom is 0.130 e. The van der Waals surface area contributed by atoms with Crippen molar-refractivity contribution in [3.8, 4) is 5.75 Å². The predicted molar refractivity (Wildman–Crippen MR) is 71.7 cm³/mol. The summed E-state index contributed by atoms with van der Waals surface area (Å²) in [5, 5.41) is 12.3. The number of hydrogen-bond acceptors (Lipinski definition) is 4. The maximum absolute atomic E-state index is 8.95. The Morgan fingerprint density at radius 3 is 2.89 bits per heavy atom. The van der Waals surface area contributed by atoms with Gasteiger partial charge >= 0.3 is 0 Å². The van der Waals surface area contributed by atoms with E-state index in [-0.39, 0.29) is 0 Å². The third kappa shape index (κ3) is 2.29. The van der Waals surface area contributed by atoms with Crippen molar-refractivity contribution in [3.63, 3.8) is 0 Å². The Hall–Kier alpha value is -2.36. The number of nitrogens with zero attached hydrogens (tertiary/aromatic N) is 2. The van der Waals surface area contributed by atoms with E-state index in [0.717, 1.165) is 41.1 Å². The third-order valence-electron chi connectivity index (χ3n) is 3.28. The van der Waals surface area contributed by atoms with Gasteiger partial charge < -0.3 is 9.94 Å². The second kappa shape index (κ2) is 5.10. The van der Waals surface area contributed by atoms with Crippen LogP contribution in [0.15, 0.2) is 47.8 Å². The van der Waals surface area contributed by atoms with Gasteiger partial charge in [-0.2, -0.15) is 0 Å². The standard InChI is InChI=1S/C15H14N2O2/c18-17-14-8-7-13-12(14)5-3-6-15(13)19-10-11-4-1-2-9-16-11/h1-6,9,18H,7-8,10H2. The summed E-state index contributed by atoms with van der Waals surface area (Å²) in [5.74, 6) is 0.849. The fourth-order valence-corrected chi connectivity index (χ4v) is 2.35. The lowest BCUT2D eigenvalue weighted by Gasteiger charge is -2.10. The van der Waals surface area contributed by atoms with Gasteiger partial charge in [0.25, 0.3) is 0 Å². The molecule has 2 aromatic rings. The van der Waals surface area contributed by atoms with E-state index < -0.39 is 0 Å². The number of benzene rings is 1. The van der Waals surface area contributed by atoms with E-state index in [2.05, 4.69) is 10.1 Å². The maximum atomic E-state index is 8.95. The molecule has 4 heteroatoms. The minimum Gasteiger partial charge on any atom is -0.487 e. The van der Waals surface area contributed by atoms with Gasteiger partial charge in [-0.15, -0.1) is 0 Å². The van der Waals surface area contributed by atoms with Crippen LogP contribution < -0.4 is 4.74 Å². The molecule has 96 valence electrons. The lowest BCUT2D eigenvalue weighted by molar-refractivity contribution is 0.298. The van der Waals surface area contributed by atoms with Crippen LogP contribution in [0.5, 0.6) is 5.75 Å². The Bertz CT molecular complexity index is 609. The molecule has 0 saturated heterocycles. The first-order valence-electron chi connectivity index (χ1n) is 6.24. The summed E-state index contributed by atoms with van der Waals surface area (Å²) in [4.78, 5) is 4.23. The van der Waals surface area contributed by atoms with Crippen LogP contribution in [0.25, 0.3) is 0 Å². The molecule has 1 aromatic carbocycles. The number of rotatable bonds is 3. The molecule has 1 heterocycles. The summed E-state index contributed by atoms with van der Waals surface area (Å²) in [5.41, 5.74) is 3.74. The fourth-order valence-electron chi connectivity index (χ4n) is 2.35. The highest BCUT2D eigenvalue weighted by Crippen LogP contribution is 2.31. The first-order valence-corrected chi connectivity index (χ1v) is 6.24. The molecule has 19 heavy (non-hydrogen) atoms. The van der Waals surface area contributed by atoms with Crippen LogP contribution in [0, 0.1) is 0 Å². The van der Waals surface area contributed by atoms with Crippen molar-refractivity contribution in [2.24, 2.45) is 5.16 Å². The number of hydrogen-bond donors (Lipinski definition) is 1. The van der Waals surface area contributed by atoms with Crippen molar-refractivity contribution in [1.29, 1.82) is 0 Å². The Kier molecular flexibility index (Phi) is 3.14. The van der Waals surface area contributed by atoms with Crippen LogP contribution in [0.3, 0.4) is 0 Å². The number of fused-ring (bicyclic) bond motifs is 1. The van der Waals surface area contributed by atoms with E-state index in [4.69, 9.17) is 9.94 Å². The molecule has 0 spiro atoms. The Labute approximate surface area is 111 Å². The number of oxime groups is 1. The van der Waals surface area contributed by atoms with Gasteiger partial charge in [-0.25, -0.2) is 0 Å². The predicted octanol–water partition coefficient (Wildman–Crippen LogP) is 2.79. The van der Waals surface area contributed by atoms with Crippen LogP contribution in [0.4, 0.5) is 0 Å². The van der Waals surface area contributed by atoms with Crippen molar-refractivity contribution in [1.82, 2.24) is 4.98 Å². The number of pyridine rings is 1. The lowest BCUT2D eigenvalue weighted by Crippen LogP contribution is -2.00. The van der Waals surface area contributed by atoms with E-state index >= 15 is 0 Å². The highest BCUT2D eigenvalue weighted by molar-refractivity contribution is 6.04. The van der Waals surface area contributed by atoms with Gasteiger partial charge in [-0.05, 0) is 31.0 Å². The van der Waals surface area contributed by atoms with E-state index in [1.54, 1.807) is 6.20 Å². The fraction of sp³-hybridized carbons (Fsp3) is 0.200. The molecule has 0 amide bonds. The quantitative estimate of drug-likeness (QED) is 0.677. The summed E-state index contributed by atoms with van der Waals surface area (Å²) in [7, 11) is 0. The highest BCUT2D eigenvalue weighted by atomic mass is 16.5. The normalized spacial score (nSPS) is 15.5. The van der Waals surface area contributed by atoms with E-state index in [1.807, 2.05) is 36.4 Å². The molecular weight excluding hydrogens is 240 g/mol. The molecule has 4 nitrogen and oxygen atoms in total. The number of ether oxygens (including phenoxy) is 1. The van der Waals surface area contributed by atoms with Gasteiger partial charge in [0.2, 0.25) is 0 Å². The minimum atomic E-state index is 0.447. The Balaban J connectivity index is 1.82.